The van der Waals surface area contributed by atoms with Crippen molar-refractivity contribution in [2.45, 2.75) is 19.3 Å². The van der Waals surface area contributed by atoms with E-state index in [1.807, 2.05) is 19.1 Å². The van der Waals surface area contributed by atoms with E-state index in [4.69, 9.17) is 15.2 Å². The van der Waals surface area contributed by atoms with Gasteiger partial charge in [-0.2, -0.15) is 0 Å². The van der Waals surface area contributed by atoms with Gasteiger partial charge >= 0.3 is 0 Å². The molecule has 0 aliphatic rings. The molecule has 1 atom stereocenters. The fraction of sp³-hybridized carbons (Fsp3) is 0.263. The zero-order valence-electron chi connectivity index (χ0n) is 14.5. The van der Waals surface area contributed by atoms with Crippen molar-refractivity contribution >= 4 is 17.5 Å². The monoisotopic (exact) mass is 342 g/mol. The molecule has 0 fully saturated rings. The third-order valence-corrected chi connectivity index (χ3v) is 3.93. The number of anilines is 1. The summed E-state index contributed by atoms with van der Waals surface area (Å²) in [6.07, 6.45) is 0.232. The normalized spacial score (nSPS) is 11.5. The molecule has 1 unspecified atom stereocenters. The molecule has 2 amide bonds. The molecule has 132 valence electrons. The van der Waals surface area contributed by atoms with E-state index in [0.717, 1.165) is 5.56 Å². The Morgan fingerprint density at radius 2 is 1.84 bits per heavy atom. The van der Waals surface area contributed by atoms with E-state index in [9.17, 15) is 9.59 Å². The van der Waals surface area contributed by atoms with Crippen molar-refractivity contribution in [2.24, 2.45) is 5.73 Å². The molecule has 25 heavy (non-hydrogen) atoms. The number of nitrogens with two attached hydrogens (primary N) is 1. The number of primary amides is 1. The van der Waals surface area contributed by atoms with E-state index >= 15 is 0 Å². The molecule has 0 aliphatic carbocycles. The van der Waals surface area contributed by atoms with Gasteiger partial charge in [-0.05, 0) is 29.7 Å². The summed E-state index contributed by atoms with van der Waals surface area (Å²) >= 11 is 0. The predicted octanol–water partition coefficient (Wildman–Crippen LogP) is 2.94. The van der Waals surface area contributed by atoms with E-state index in [-0.39, 0.29) is 23.8 Å². The minimum atomic E-state index is -0.583. The predicted molar refractivity (Wildman–Crippen MR) is 96.2 cm³/mol. The van der Waals surface area contributed by atoms with Gasteiger partial charge in [0.05, 0.1) is 25.5 Å². The number of nitrogens with one attached hydrogen (secondary N) is 1. The zero-order valence-corrected chi connectivity index (χ0v) is 14.5. The van der Waals surface area contributed by atoms with Crippen LogP contribution in [0.5, 0.6) is 11.5 Å². The van der Waals surface area contributed by atoms with Gasteiger partial charge < -0.3 is 20.5 Å². The molecular weight excluding hydrogens is 320 g/mol. The fourth-order valence-electron chi connectivity index (χ4n) is 2.62. The first-order chi connectivity index (χ1) is 12.0. The van der Waals surface area contributed by atoms with Crippen LogP contribution in [0.4, 0.5) is 5.69 Å². The topological polar surface area (TPSA) is 90.6 Å². The molecule has 2 aromatic carbocycles. The summed E-state index contributed by atoms with van der Waals surface area (Å²) in [7, 11) is 3.16. The van der Waals surface area contributed by atoms with Crippen molar-refractivity contribution in [3.63, 3.8) is 0 Å². The number of ether oxygens (including phenoxy) is 2. The molecule has 0 aliphatic heterocycles. The van der Waals surface area contributed by atoms with Crippen molar-refractivity contribution in [2.75, 3.05) is 19.5 Å². The van der Waals surface area contributed by atoms with Crippen LogP contribution in [-0.4, -0.2) is 26.0 Å². The molecule has 0 spiro atoms. The van der Waals surface area contributed by atoms with Crippen LogP contribution >= 0.6 is 0 Å². The van der Waals surface area contributed by atoms with Gasteiger partial charge in [-0.1, -0.05) is 25.1 Å². The molecular formula is C19H22N2O4. The molecule has 6 heteroatoms. The SMILES string of the molecule is COc1ccc(C(C)CC(=O)Nc2ccccc2C(N)=O)c(OC)c1. The number of hydrogen-bond donors (Lipinski definition) is 2. The molecule has 3 N–H and O–H groups in total. The van der Waals surface area contributed by atoms with Crippen molar-refractivity contribution in [1.82, 2.24) is 0 Å². The van der Waals surface area contributed by atoms with Crippen LogP contribution in [0.1, 0.15) is 35.2 Å². The lowest BCUT2D eigenvalue weighted by Gasteiger charge is -2.17. The Morgan fingerprint density at radius 3 is 2.48 bits per heavy atom. The van der Waals surface area contributed by atoms with Crippen molar-refractivity contribution in [3.8, 4) is 11.5 Å². The maximum absolute atomic E-state index is 12.4. The van der Waals surface area contributed by atoms with Gasteiger partial charge in [0.25, 0.3) is 5.91 Å². The summed E-state index contributed by atoms with van der Waals surface area (Å²) in [5.41, 5.74) is 6.93. The van der Waals surface area contributed by atoms with Crippen molar-refractivity contribution in [3.05, 3.63) is 53.6 Å². The molecule has 0 bridgehead atoms. The molecule has 0 aromatic heterocycles. The van der Waals surface area contributed by atoms with Crippen LogP contribution < -0.4 is 20.5 Å². The summed E-state index contributed by atoms with van der Waals surface area (Å²) in [6.45, 7) is 1.93. The molecule has 6 nitrogen and oxygen atoms in total. The van der Waals surface area contributed by atoms with Crippen LogP contribution in [0.3, 0.4) is 0 Å². The van der Waals surface area contributed by atoms with Gasteiger partial charge in [-0.3, -0.25) is 9.59 Å². The maximum Gasteiger partial charge on any atom is 0.250 e. The standard InChI is InChI=1S/C19H22N2O4/c1-12(14-9-8-13(24-2)11-17(14)25-3)10-18(22)21-16-7-5-4-6-15(16)19(20)23/h4-9,11-12H,10H2,1-3H3,(H2,20,23)(H,21,22). The highest BCUT2D eigenvalue weighted by Gasteiger charge is 2.17. The number of carbonyl (C=O) groups excluding carboxylic acids is 2. The van der Waals surface area contributed by atoms with Crippen LogP contribution in [0.25, 0.3) is 0 Å². The second kappa shape index (κ2) is 8.19. The smallest absolute Gasteiger partial charge is 0.250 e. The maximum atomic E-state index is 12.4. The average Bonchev–Trinajstić information content (AvgIpc) is 2.61. The van der Waals surface area contributed by atoms with Gasteiger partial charge in [0.2, 0.25) is 5.91 Å². The molecule has 0 radical (unpaired) electrons. The van der Waals surface area contributed by atoms with Crippen LogP contribution in [0, 0.1) is 0 Å². The van der Waals surface area contributed by atoms with Gasteiger partial charge in [0.1, 0.15) is 11.5 Å². The highest BCUT2D eigenvalue weighted by molar-refractivity contribution is 6.03. The molecule has 0 heterocycles. The summed E-state index contributed by atoms with van der Waals surface area (Å²) in [5, 5.41) is 2.75. The number of para-hydroxylation sites is 1. The summed E-state index contributed by atoms with van der Waals surface area (Å²) in [5.74, 6) is 0.478. The third-order valence-electron chi connectivity index (χ3n) is 3.93. The van der Waals surface area contributed by atoms with E-state index in [1.165, 1.54) is 0 Å². The van der Waals surface area contributed by atoms with E-state index in [0.29, 0.717) is 17.2 Å². The first-order valence-corrected chi connectivity index (χ1v) is 7.86. The molecule has 2 aromatic rings. The second-order valence-corrected chi connectivity index (χ2v) is 5.67. The van der Waals surface area contributed by atoms with Gasteiger partial charge in [-0.15, -0.1) is 0 Å². The minimum Gasteiger partial charge on any atom is -0.497 e. The average molecular weight is 342 g/mol. The minimum absolute atomic E-state index is 0.0819. The Labute approximate surface area is 146 Å². The quantitative estimate of drug-likeness (QED) is 0.809. The Morgan fingerprint density at radius 1 is 1.12 bits per heavy atom. The number of amides is 2. The van der Waals surface area contributed by atoms with Crippen LogP contribution in [0.15, 0.2) is 42.5 Å². The Kier molecular flexibility index (Phi) is 6.00. The van der Waals surface area contributed by atoms with Gasteiger partial charge in [-0.25, -0.2) is 0 Å². The summed E-state index contributed by atoms with van der Waals surface area (Å²) in [4.78, 5) is 23.8. The van der Waals surface area contributed by atoms with Crippen molar-refractivity contribution < 1.29 is 19.1 Å². The van der Waals surface area contributed by atoms with E-state index in [2.05, 4.69) is 5.32 Å². The highest BCUT2D eigenvalue weighted by atomic mass is 16.5. The first-order valence-electron chi connectivity index (χ1n) is 7.86. The number of carbonyl (C=O) groups is 2. The molecule has 0 saturated heterocycles. The highest BCUT2D eigenvalue weighted by Crippen LogP contribution is 2.32. The second-order valence-electron chi connectivity index (χ2n) is 5.67. The van der Waals surface area contributed by atoms with E-state index < -0.39 is 5.91 Å². The van der Waals surface area contributed by atoms with Crippen molar-refractivity contribution in [1.29, 1.82) is 0 Å². The lowest BCUT2D eigenvalue weighted by atomic mass is 9.96. The lowest BCUT2D eigenvalue weighted by molar-refractivity contribution is -0.116. The largest absolute Gasteiger partial charge is 0.497 e. The Hall–Kier alpha value is -3.02. The van der Waals surface area contributed by atoms with Crippen LogP contribution in [0.2, 0.25) is 0 Å². The van der Waals surface area contributed by atoms with Gasteiger partial charge in [0, 0.05) is 12.5 Å². The van der Waals surface area contributed by atoms with Crippen LogP contribution in [-0.2, 0) is 4.79 Å². The summed E-state index contributed by atoms with van der Waals surface area (Å²) < 4.78 is 10.6. The Balaban J connectivity index is 2.12. The van der Waals surface area contributed by atoms with E-state index in [1.54, 1.807) is 44.6 Å². The first kappa shape index (κ1) is 18.3. The number of rotatable bonds is 7. The number of benzene rings is 2. The number of methoxy groups -OCH3 is 2. The fourth-order valence-corrected chi connectivity index (χ4v) is 2.62. The number of hydrogen-bond acceptors (Lipinski definition) is 4. The lowest BCUT2D eigenvalue weighted by Crippen LogP contribution is -2.19. The molecule has 0 saturated carbocycles. The van der Waals surface area contributed by atoms with Gasteiger partial charge in [0.15, 0.2) is 0 Å². The molecule has 2 rings (SSSR count). The summed E-state index contributed by atoms with van der Waals surface area (Å²) in [6, 6.07) is 12.1. The Bertz CT molecular complexity index is 774. The zero-order chi connectivity index (χ0) is 18.4. The third kappa shape index (κ3) is 4.50.